The highest BCUT2D eigenvalue weighted by atomic mass is 16.3. The lowest BCUT2D eigenvalue weighted by Crippen LogP contribution is -2.35. The van der Waals surface area contributed by atoms with E-state index in [9.17, 15) is 0 Å². The predicted octanol–water partition coefficient (Wildman–Crippen LogP) is 15.5. The fraction of sp³-hybridized carbons (Fsp3) is 0.172. The molecule has 0 aliphatic heterocycles. The molecule has 11 rings (SSSR count). The highest BCUT2D eigenvalue weighted by Gasteiger charge is 2.39. The Balaban J connectivity index is 0.956. The van der Waals surface area contributed by atoms with E-state index in [-0.39, 0.29) is 17.4 Å². The summed E-state index contributed by atoms with van der Waals surface area (Å²) in [6.45, 7) is 7.05. The second kappa shape index (κ2) is 14.5. The monoisotopic (exact) mass is 773 g/mol. The molecule has 1 aromatic heterocycles. The van der Waals surface area contributed by atoms with E-state index in [0.29, 0.717) is 0 Å². The molecule has 4 aliphatic rings. The molecule has 0 N–H and O–H groups in total. The summed E-state index contributed by atoms with van der Waals surface area (Å²) in [5, 5.41) is 2.36. The predicted molar refractivity (Wildman–Crippen MR) is 251 cm³/mol. The quantitative estimate of drug-likeness (QED) is 0.160. The average Bonchev–Trinajstić information content (AvgIpc) is 3.80. The van der Waals surface area contributed by atoms with Crippen LogP contribution in [0.5, 0.6) is 0 Å². The second-order valence-electron chi connectivity index (χ2n) is 17.3. The lowest BCUT2D eigenvalue weighted by Gasteiger charge is -2.36. The first-order chi connectivity index (χ1) is 29.4. The average molecular weight is 774 g/mol. The molecule has 7 aromatic rings. The van der Waals surface area contributed by atoms with Gasteiger partial charge in [-0.2, -0.15) is 0 Å². The fourth-order valence-electron chi connectivity index (χ4n) is 10.2. The van der Waals surface area contributed by atoms with Gasteiger partial charge in [-0.3, -0.25) is 0 Å². The van der Waals surface area contributed by atoms with Gasteiger partial charge in [-0.25, -0.2) is 0 Å². The Morgan fingerprint density at radius 1 is 0.667 bits per heavy atom. The van der Waals surface area contributed by atoms with Crippen LogP contribution in [0.1, 0.15) is 57.6 Å². The summed E-state index contributed by atoms with van der Waals surface area (Å²) in [6, 6.07) is 51.2. The number of para-hydroxylation sites is 1. The van der Waals surface area contributed by atoms with Gasteiger partial charge in [-0.15, -0.1) is 0 Å². The standard InChI is InChI=1S/C58H47NO/c1-38-37-45(40-15-8-5-9-16-40)29-36-54(38)59(46-30-25-43(26-31-46)42-23-21-41(22-24-42)39-13-6-4-7-14-39)47-32-27-44(28-33-47)48-18-12-19-49-50-34-35-53-55(57(50)60-56(48)49)51-17-10-11-20-52(51)58(53,2)3/h4-8,11-15,18-25,27-30,32-38,54H,9-10,16-17H2,1-3H3. The first-order valence-corrected chi connectivity index (χ1v) is 21.6. The van der Waals surface area contributed by atoms with Crippen LogP contribution < -0.4 is 4.90 Å². The number of benzene rings is 5. The summed E-state index contributed by atoms with van der Waals surface area (Å²) >= 11 is 0. The fourth-order valence-corrected chi connectivity index (χ4v) is 10.2. The van der Waals surface area contributed by atoms with E-state index in [1.165, 1.54) is 55.3 Å². The molecule has 4 aliphatic carbocycles. The maximum atomic E-state index is 7.01. The van der Waals surface area contributed by atoms with Gasteiger partial charge in [-0.1, -0.05) is 173 Å². The topological polar surface area (TPSA) is 16.4 Å². The van der Waals surface area contributed by atoms with Crippen molar-refractivity contribution in [3.05, 3.63) is 210 Å². The molecular formula is C58H47NO. The summed E-state index contributed by atoms with van der Waals surface area (Å²) in [5.74, 6) is 0.265. The molecule has 2 heteroatoms. The maximum Gasteiger partial charge on any atom is 0.143 e. The number of hydrogen-bond acceptors (Lipinski definition) is 2. The molecule has 1 heterocycles. The normalized spacial score (nSPS) is 18.9. The number of furan rings is 1. The van der Waals surface area contributed by atoms with Gasteiger partial charge in [0.25, 0.3) is 0 Å². The highest BCUT2D eigenvalue weighted by molar-refractivity contribution is 6.13. The lowest BCUT2D eigenvalue weighted by molar-refractivity contribution is 0.605. The van der Waals surface area contributed by atoms with Crippen molar-refractivity contribution in [3.8, 4) is 33.4 Å². The highest BCUT2D eigenvalue weighted by Crippen LogP contribution is 2.53. The third-order valence-corrected chi connectivity index (χ3v) is 13.4. The molecule has 2 unspecified atom stereocenters. The van der Waals surface area contributed by atoms with E-state index in [0.717, 1.165) is 70.5 Å². The minimum atomic E-state index is -0.0319. The number of allylic oxidation sites excluding steroid dienone is 10. The molecule has 0 saturated carbocycles. The lowest BCUT2D eigenvalue weighted by atomic mass is 9.80. The van der Waals surface area contributed by atoms with E-state index >= 15 is 0 Å². The summed E-state index contributed by atoms with van der Waals surface area (Å²) in [4.78, 5) is 2.43. The molecule has 0 amide bonds. The molecule has 2 nitrogen and oxygen atoms in total. The van der Waals surface area contributed by atoms with Crippen molar-refractivity contribution in [1.82, 2.24) is 0 Å². The Hall–Kier alpha value is -6.82. The molecule has 290 valence electrons. The van der Waals surface area contributed by atoms with Crippen LogP contribution in [0.15, 0.2) is 191 Å². The Labute approximate surface area is 353 Å². The molecule has 0 bridgehead atoms. The number of rotatable bonds is 7. The van der Waals surface area contributed by atoms with Crippen molar-refractivity contribution in [2.75, 3.05) is 4.90 Å². The molecule has 0 radical (unpaired) electrons. The minimum absolute atomic E-state index is 0.0319. The molecule has 0 fully saturated rings. The Bertz CT molecular complexity index is 2980. The number of hydrogen-bond donors (Lipinski definition) is 0. The van der Waals surface area contributed by atoms with Gasteiger partial charge in [0.15, 0.2) is 0 Å². The molecule has 60 heavy (non-hydrogen) atoms. The Morgan fingerprint density at radius 2 is 1.43 bits per heavy atom. The van der Waals surface area contributed by atoms with Crippen molar-refractivity contribution in [1.29, 1.82) is 0 Å². The van der Waals surface area contributed by atoms with Crippen LogP contribution >= 0.6 is 0 Å². The van der Waals surface area contributed by atoms with Crippen molar-refractivity contribution in [3.63, 3.8) is 0 Å². The van der Waals surface area contributed by atoms with Crippen LogP contribution in [0, 0.1) is 18.1 Å². The zero-order valence-electron chi connectivity index (χ0n) is 34.5. The molecule has 6 aromatic carbocycles. The van der Waals surface area contributed by atoms with Crippen LogP contribution in [-0.2, 0) is 5.41 Å². The van der Waals surface area contributed by atoms with Crippen LogP contribution in [0.2, 0.25) is 0 Å². The first-order valence-electron chi connectivity index (χ1n) is 21.6. The van der Waals surface area contributed by atoms with Gasteiger partial charge >= 0.3 is 0 Å². The summed E-state index contributed by atoms with van der Waals surface area (Å²) in [5.41, 5.74) is 19.2. The SMILES string of the molecule is CC1C=C(C2=CC=CCC2)C=CC1N(c1c#cc(-c2ccc(-c3ccccc3)cc2)cc1)c1ccc(-c2cccc3c2oc2c4c(ccc23)C(C)(C)C2=C4CCC=C2)cc1. The summed E-state index contributed by atoms with van der Waals surface area (Å²) in [6.07, 6.45) is 22.9. The van der Waals surface area contributed by atoms with Crippen molar-refractivity contribution >= 4 is 38.9 Å². The first kappa shape index (κ1) is 36.3. The summed E-state index contributed by atoms with van der Waals surface area (Å²) < 4.78 is 7.01. The van der Waals surface area contributed by atoms with E-state index < -0.39 is 0 Å². The van der Waals surface area contributed by atoms with Gasteiger partial charge in [-0.05, 0) is 112 Å². The molecule has 0 spiro atoms. The smallest absolute Gasteiger partial charge is 0.143 e. The summed E-state index contributed by atoms with van der Waals surface area (Å²) in [7, 11) is 0. The maximum absolute atomic E-state index is 7.01. The van der Waals surface area contributed by atoms with Crippen molar-refractivity contribution < 1.29 is 4.42 Å². The van der Waals surface area contributed by atoms with Gasteiger partial charge < -0.3 is 9.32 Å². The number of anilines is 2. The zero-order valence-corrected chi connectivity index (χ0v) is 34.5. The molecular weight excluding hydrogens is 727 g/mol. The van der Waals surface area contributed by atoms with Gasteiger partial charge in [0.2, 0.25) is 0 Å². The van der Waals surface area contributed by atoms with E-state index in [1.54, 1.807) is 0 Å². The van der Waals surface area contributed by atoms with Crippen molar-refractivity contribution in [2.45, 2.75) is 57.9 Å². The van der Waals surface area contributed by atoms with Gasteiger partial charge in [0.05, 0.1) is 11.7 Å². The third-order valence-electron chi connectivity index (χ3n) is 13.4. The molecule has 2 atom stereocenters. The number of nitrogens with zero attached hydrogens (tertiary/aromatic N) is 1. The Kier molecular flexibility index (Phi) is 8.75. The van der Waals surface area contributed by atoms with E-state index in [1.807, 2.05) is 0 Å². The Morgan fingerprint density at radius 3 is 2.20 bits per heavy atom. The van der Waals surface area contributed by atoms with Crippen LogP contribution in [0.4, 0.5) is 11.4 Å². The van der Waals surface area contributed by atoms with E-state index in [4.69, 9.17) is 4.42 Å². The minimum Gasteiger partial charge on any atom is -0.455 e. The van der Waals surface area contributed by atoms with Crippen LogP contribution in [0.25, 0.3) is 60.9 Å². The number of fused-ring (bicyclic) bond motifs is 6. The third kappa shape index (κ3) is 6.03. The van der Waals surface area contributed by atoms with Crippen LogP contribution in [0.3, 0.4) is 0 Å². The second-order valence-corrected chi connectivity index (χ2v) is 17.3. The molecule has 0 saturated heterocycles. The van der Waals surface area contributed by atoms with Gasteiger partial charge in [0.1, 0.15) is 11.2 Å². The van der Waals surface area contributed by atoms with Gasteiger partial charge in [0, 0.05) is 38.6 Å². The van der Waals surface area contributed by atoms with E-state index in [2.05, 4.69) is 208 Å². The van der Waals surface area contributed by atoms with Crippen LogP contribution in [-0.4, -0.2) is 6.04 Å². The zero-order chi connectivity index (χ0) is 40.4. The van der Waals surface area contributed by atoms with Crippen molar-refractivity contribution in [2.24, 2.45) is 5.92 Å². The largest absolute Gasteiger partial charge is 0.455 e.